The summed E-state index contributed by atoms with van der Waals surface area (Å²) >= 11 is 0. The van der Waals surface area contributed by atoms with Gasteiger partial charge in [-0.2, -0.15) is 0 Å². The number of rotatable bonds is 6. The van der Waals surface area contributed by atoms with Crippen LogP contribution in [0.1, 0.15) is 53.0 Å². The molecule has 3 heteroatoms. The van der Waals surface area contributed by atoms with Crippen LogP contribution >= 0.6 is 0 Å². The van der Waals surface area contributed by atoms with Gasteiger partial charge in [-0.3, -0.25) is 4.79 Å². The van der Waals surface area contributed by atoms with Crippen LogP contribution in [0.25, 0.3) is 5.57 Å². The summed E-state index contributed by atoms with van der Waals surface area (Å²) in [4.78, 5) is 12.5. The standard InChI is InChI=1S/C23H34O2Si/c1-18(25-26(6,7)22(3,4)5)17-23(19(2)24)15-13-21(14-16-23)20-11-9-8-10-12-20/h8-15,18H,16-17H2,1-7H3. The minimum Gasteiger partial charge on any atom is -0.414 e. The molecule has 1 aliphatic rings. The predicted molar refractivity (Wildman–Crippen MR) is 114 cm³/mol. The van der Waals surface area contributed by atoms with E-state index < -0.39 is 13.7 Å². The minimum atomic E-state index is -1.84. The largest absolute Gasteiger partial charge is 0.414 e. The topological polar surface area (TPSA) is 26.3 Å². The Labute approximate surface area is 160 Å². The Morgan fingerprint density at radius 3 is 2.31 bits per heavy atom. The van der Waals surface area contributed by atoms with Gasteiger partial charge in [-0.05, 0) is 56.0 Å². The predicted octanol–water partition coefficient (Wildman–Crippen LogP) is 6.41. The highest BCUT2D eigenvalue weighted by Crippen LogP contribution is 2.41. The van der Waals surface area contributed by atoms with Gasteiger partial charge >= 0.3 is 0 Å². The highest BCUT2D eigenvalue weighted by molar-refractivity contribution is 6.74. The molecule has 0 N–H and O–H groups in total. The van der Waals surface area contributed by atoms with Crippen molar-refractivity contribution in [2.24, 2.45) is 5.41 Å². The van der Waals surface area contributed by atoms with Crippen molar-refractivity contribution in [2.45, 2.75) is 71.7 Å². The zero-order chi connectivity index (χ0) is 19.6. The van der Waals surface area contributed by atoms with E-state index in [0.717, 1.165) is 12.8 Å². The van der Waals surface area contributed by atoms with Crippen molar-refractivity contribution < 1.29 is 9.22 Å². The van der Waals surface area contributed by atoms with Crippen LogP contribution in [0.15, 0.2) is 48.6 Å². The van der Waals surface area contributed by atoms with Crippen LogP contribution in [-0.4, -0.2) is 20.2 Å². The molecule has 142 valence electrons. The smallest absolute Gasteiger partial charge is 0.192 e. The lowest BCUT2D eigenvalue weighted by Crippen LogP contribution is -2.45. The lowest BCUT2D eigenvalue weighted by molar-refractivity contribution is -0.125. The lowest BCUT2D eigenvalue weighted by atomic mass is 9.72. The van der Waals surface area contributed by atoms with E-state index in [0.29, 0.717) is 0 Å². The van der Waals surface area contributed by atoms with Crippen LogP contribution in [0.5, 0.6) is 0 Å². The first kappa shape index (κ1) is 20.9. The lowest BCUT2D eigenvalue weighted by Gasteiger charge is -2.41. The van der Waals surface area contributed by atoms with Crippen molar-refractivity contribution >= 4 is 19.7 Å². The first-order valence-corrected chi connectivity index (χ1v) is 12.5. The Bertz CT molecular complexity index is 695. The first-order chi connectivity index (χ1) is 12.0. The second-order valence-corrected chi connectivity index (χ2v) is 13.9. The van der Waals surface area contributed by atoms with Gasteiger partial charge in [0, 0.05) is 6.10 Å². The highest BCUT2D eigenvalue weighted by Gasteiger charge is 2.41. The minimum absolute atomic E-state index is 0.0658. The summed E-state index contributed by atoms with van der Waals surface area (Å²) in [7, 11) is -1.84. The van der Waals surface area contributed by atoms with E-state index in [1.54, 1.807) is 6.92 Å². The van der Waals surface area contributed by atoms with Crippen molar-refractivity contribution in [3.63, 3.8) is 0 Å². The van der Waals surface area contributed by atoms with Crippen LogP contribution in [0.3, 0.4) is 0 Å². The monoisotopic (exact) mass is 370 g/mol. The van der Waals surface area contributed by atoms with E-state index in [9.17, 15) is 4.79 Å². The number of carbonyl (C=O) groups excluding carboxylic acids is 1. The van der Waals surface area contributed by atoms with Crippen LogP contribution in [0.4, 0.5) is 0 Å². The highest BCUT2D eigenvalue weighted by atomic mass is 28.4. The molecule has 2 unspecified atom stereocenters. The second kappa shape index (κ2) is 7.65. The molecule has 1 aromatic rings. The second-order valence-electron chi connectivity index (χ2n) is 9.17. The van der Waals surface area contributed by atoms with Crippen molar-refractivity contribution in [2.75, 3.05) is 0 Å². The summed E-state index contributed by atoms with van der Waals surface area (Å²) in [6.45, 7) is 15.1. The van der Waals surface area contributed by atoms with E-state index in [-0.39, 0.29) is 16.9 Å². The fourth-order valence-electron chi connectivity index (χ4n) is 3.31. The summed E-state index contributed by atoms with van der Waals surface area (Å²) in [5.41, 5.74) is 1.95. The molecule has 0 fully saturated rings. The average Bonchev–Trinajstić information content (AvgIpc) is 2.54. The number of Topliss-reactive ketones (excluding diaryl/α,β-unsaturated/α-hetero) is 1. The Morgan fingerprint density at radius 1 is 1.23 bits per heavy atom. The van der Waals surface area contributed by atoms with E-state index in [2.05, 4.69) is 71.1 Å². The molecule has 0 heterocycles. The van der Waals surface area contributed by atoms with Crippen molar-refractivity contribution in [1.82, 2.24) is 0 Å². The van der Waals surface area contributed by atoms with Gasteiger partial charge in [-0.25, -0.2) is 0 Å². The van der Waals surface area contributed by atoms with Crippen LogP contribution in [0.2, 0.25) is 18.1 Å². The number of allylic oxidation sites excluding steroid dienone is 4. The van der Waals surface area contributed by atoms with E-state index in [1.165, 1.54) is 11.1 Å². The maximum absolute atomic E-state index is 12.5. The molecule has 0 saturated heterocycles. The molecule has 0 aromatic heterocycles. The first-order valence-electron chi connectivity index (χ1n) is 9.60. The van der Waals surface area contributed by atoms with Gasteiger partial charge in [-0.1, -0.05) is 69.3 Å². The molecule has 0 amide bonds. The maximum Gasteiger partial charge on any atom is 0.192 e. The van der Waals surface area contributed by atoms with Gasteiger partial charge in [0.15, 0.2) is 8.32 Å². The normalized spacial score (nSPS) is 22.0. The van der Waals surface area contributed by atoms with Gasteiger partial charge in [0.2, 0.25) is 0 Å². The Hall–Kier alpha value is -1.45. The molecular weight excluding hydrogens is 336 g/mol. The van der Waals surface area contributed by atoms with Gasteiger partial charge in [0.25, 0.3) is 0 Å². The molecule has 0 spiro atoms. The summed E-state index contributed by atoms with van der Waals surface area (Å²) in [6.07, 6.45) is 7.98. The SMILES string of the molecule is CC(=O)C1(CC(C)O[Si](C)(C)C(C)(C)C)C=CC(c2ccccc2)=CC1. The van der Waals surface area contributed by atoms with Crippen LogP contribution in [0, 0.1) is 5.41 Å². The Balaban J connectivity index is 2.14. The summed E-state index contributed by atoms with van der Waals surface area (Å²) < 4.78 is 6.52. The van der Waals surface area contributed by atoms with Gasteiger partial charge in [-0.15, -0.1) is 0 Å². The van der Waals surface area contributed by atoms with Gasteiger partial charge in [0.1, 0.15) is 5.78 Å². The number of hydrogen-bond acceptors (Lipinski definition) is 2. The molecule has 2 rings (SSSR count). The molecule has 1 aliphatic carbocycles. The average molecular weight is 371 g/mol. The fourth-order valence-corrected chi connectivity index (χ4v) is 4.76. The third kappa shape index (κ3) is 4.63. The molecule has 0 radical (unpaired) electrons. The molecule has 2 atom stereocenters. The van der Waals surface area contributed by atoms with E-state index in [4.69, 9.17) is 4.43 Å². The van der Waals surface area contributed by atoms with Crippen molar-refractivity contribution in [1.29, 1.82) is 0 Å². The molecule has 0 aliphatic heterocycles. The number of ketones is 1. The quantitative estimate of drug-likeness (QED) is 0.541. The third-order valence-electron chi connectivity index (χ3n) is 6.03. The van der Waals surface area contributed by atoms with Crippen molar-refractivity contribution in [3.8, 4) is 0 Å². The molecular formula is C23H34O2Si. The van der Waals surface area contributed by atoms with Gasteiger partial charge < -0.3 is 4.43 Å². The fraction of sp³-hybridized carbons (Fsp3) is 0.522. The summed E-state index contributed by atoms with van der Waals surface area (Å²) in [6, 6.07) is 10.3. The van der Waals surface area contributed by atoms with E-state index in [1.807, 2.05) is 18.2 Å². The molecule has 1 aromatic carbocycles. The molecule has 0 bridgehead atoms. The van der Waals surface area contributed by atoms with Crippen LogP contribution in [-0.2, 0) is 9.22 Å². The van der Waals surface area contributed by atoms with Gasteiger partial charge in [0.05, 0.1) is 5.41 Å². The molecule has 26 heavy (non-hydrogen) atoms. The maximum atomic E-state index is 12.5. The third-order valence-corrected chi connectivity index (χ3v) is 10.6. The molecule has 0 saturated carbocycles. The van der Waals surface area contributed by atoms with E-state index >= 15 is 0 Å². The number of carbonyl (C=O) groups is 1. The summed E-state index contributed by atoms with van der Waals surface area (Å²) in [5, 5.41) is 0.174. The van der Waals surface area contributed by atoms with Crippen molar-refractivity contribution in [3.05, 3.63) is 54.1 Å². The van der Waals surface area contributed by atoms with Crippen LogP contribution < -0.4 is 0 Å². The zero-order valence-corrected chi connectivity index (χ0v) is 18.4. The Morgan fingerprint density at radius 2 is 1.85 bits per heavy atom. The molecule has 2 nitrogen and oxygen atoms in total. The Kier molecular flexibility index (Phi) is 6.14. The number of hydrogen-bond donors (Lipinski definition) is 0. The zero-order valence-electron chi connectivity index (χ0n) is 17.4. The number of benzene rings is 1. The summed E-state index contributed by atoms with van der Waals surface area (Å²) in [5.74, 6) is 0.225.